The normalized spacial score (nSPS) is 18.1. The van der Waals surface area contributed by atoms with Crippen LogP contribution in [0.1, 0.15) is 52.4 Å². The fraction of sp³-hybridized carbons (Fsp3) is 0.786. The van der Waals surface area contributed by atoms with Gasteiger partial charge >= 0.3 is 0 Å². The van der Waals surface area contributed by atoms with Crippen molar-refractivity contribution in [1.82, 2.24) is 5.32 Å². The van der Waals surface area contributed by atoms with E-state index in [1.54, 1.807) is 0 Å². The van der Waals surface area contributed by atoms with Crippen LogP contribution in [-0.4, -0.2) is 17.7 Å². The summed E-state index contributed by atoms with van der Waals surface area (Å²) in [5.74, 6) is -1.62. The van der Waals surface area contributed by atoms with Crippen LogP contribution in [0.5, 0.6) is 0 Å². The van der Waals surface area contributed by atoms with E-state index in [1.807, 2.05) is 19.9 Å². The Morgan fingerprint density at radius 3 is 2.39 bits per heavy atom. The first-order chi connectivity index (χ1) is 8.54. The number of nitrogens with one attached hydrogen (secondary N) is 1. The molecular weight excluding hydrogens is 228 g/mol. The van der Waals surface area contributed by atoms with Gasteiger partial charge in [0.1, 0.15) is 0 Å². The third-order valence-electron chi connectivity index (χ3n) is 3.27. The van der Waals surface area contributed by atoms with E-state index in [0.717, 1.165) is 25.7 Å². The van der Waals surface area contributed by atoms with Crippen molar-refractivity contribution in [2.75, 3.05) is 0 Å². The van der Waals surface area contributed by atoms with Crippen LogP contribution in [0.15, 0.2) is 0 Å². The van der Waals surface area contributed by atoms with Gasteiger partial charge in [0.05, 0.1) is 6.07 Å². The SMILES string of the molecule is CC(C)CC(=O)[C@@H](C#N)C(=O)NC1CCCCC1. The highest BCUT2D eigenvalue weighted by molar-refractivity contribution is 6.04. The molecule has 1 rings (SSSR count). The van der Waals surface area contributed by atoms with Crippen LogP contribution in [0.3, 0.4) is 0 Å². The molecule has 1 N–H and O–H groups in total. The Hall–Kier alpha value is -1.37. The summed E-state index contributed by atoms with van der Waals surface area (Å²) < 4.78 is 0. The topological polar surface area (TPSA) is 70.0 Å². The molecule has 1 fully saturated rings. The average Bonchev–Trinajstić information content (AvgIpc) is 2.30. The molecule has 1 aliphatic rings. The maximum Gasteiger partial charge on any atom is 0.245 e. The Balaban J connectivity index is 2.51. The van der Waals surface area contributed by atoms with E-state index in [-0.39, 0.29) is 24.2 Å². The summed E-state index contributed by atoms with van der Waals surface area (Å²) in [5, 5.41) is 11.8. The molecule has 0 aromatic rings. The maximum atomic E-state index is 11.9. The first kappa shape index (κ1) is 14.7. The lowest BCUT2D eigenvalue weighted by molar-refractivity contribution is -0.132. The number of ketones is 1. The second kappa shape index (κ2) is 7.15. The molecule has 1 amide bonds. The van der Waals surface area contributed by atoms with Gasteiger partial charge in [0.25, 0.3) is 0 Å². The standard InChI is InChI=1S/C14H22N2O2/c1-10(2)8-13(17)12(9-15)14(18)16-11-6-4-3-5-7-11/h10-12H,3-8H2,1-2H3,(H,16,18)/t12-/m1/s1. The highest BCUT2D eigenvalue weighted by atomic mass is 16.2. The Morgan fingerprint density at radius 2 is 1.89 bits per heavy atom. The van der Waals surface area contributed by atoms with Crippen molar-refractivity contribution < 1.29 is 9.59 Å². The number of nitriles is 1. The van der Waals surface area contributed by atoms with Crippen molar-refractivity contribution in [3.63, 3.8) is 0 Å². The molecule has 0 heterocycles. The lowest BCUT2D eigenvalue weighted by Gasteiger charge is -2.23. The number of Topliss-reactive ketones (excluding diaryl/α,β-unsaturated/α-hetero) is 1. The Labute approximate surface area is 109 Å². The van der Waals surface area contributed by atoms with Crippen molar-refractivity contribution in [3.8, 4) is 6.07 Å². The Bertz CT molecular complexity index is 338. The highest BCUT2D eigenvalue weighted by Crippen LogP contribution is 2.18. The second-order valence-electron chi connectivity index (χ2n) is 5.47. The van der Waals surface area contributed by atoms with E-state index in [2.05, 4.69) is 5.32 Å². The molecule has 0 aliphatic heterocycles. The fourth-order valence-corrected chi connectivity index (χ4v) is 2.33. The zero-order valence-electron chi connectivity index (χ0n) is 11.2. The molecule has 0 saturated heterocycles. The van der Waals surface area contributed by atoms with Gasteiger partial charge in [0.2, 0.25) is 5.91 Å². The van der Waals surface area contributed by atoms with Gasteiger partial charge in [0, 0.05) is 12.5 Å². The first-order valence-corrected chi connectivity index (χ1v) is 6.77. The molecule has 0 aromatic carbocycles. The number of amides is 1. The molecule has 1 aliphatic carbocycles. The Kier molecular flexibility index (Phi) is 5.84. The third-order valence-corrected chi connectivity index (χ3v) is 3.27. The summed E-state index contributed by atoms with van der Waals surface area (Å²) >= 11 is 0. The summed E-state index contributed by atoms with van der Waals surface area (Å²) in [5.41, 5.74) is 0. The first-order valence-electron chi connectivity index (χ1n) is 6.77. The van der Waals surface area contributed by atoms with Crippen LogP contribution in [0.25, 0.3) is 0 Å². The molecule has 0 unspecified atom stereocenters. The van der Waals surface area contributed by atoms with Crippen LogP contribution < -0.4 is 5.32 Å². The van der Waals surface area contributed by atoms with Gasteiger partial charge in [-0.2, -0.15) is 5.26 Å². The molecule has 100 valence electrons. The minimum atomic E-state index is -1.13. The summed E-state index contributed by atoms with van der Waals surface area (Å²) in [6.45, 7) is 3.82. The lowest BCUT2D eigenvalue weighted by Crippen LogP contribution is -2.42. The zero-order chi connectivity index (χ0) is 13.5. The van der Waals surface area contributed by atoms with E-state index in [9.17, 15) is 9.59 Å². The van der Waals surface area contributed by atoms with Crippen LogP contribution in [0, 0.1) is 23.2 Å². The Morgan fingerprint density at radius 1 is 1.28 bits per heavy atom. The summed E-state index contributed by atoms with van der Waals surface area (Å²) in [4.78, 5) is 23.7. The number of nitrogens with zero attached hydrogens (tertiary/aromatic N) is 1. The van der Waals surface area contributed by atoms with E-state index < -0.39 is 11.8 Å². The number of rotatable bonds is 5. The van der Waals surface area contributed by atoms with Crippen molar-refractivity contribution in [3.05, 3.63) is 0 Å². The molecule has 4 heteroatoms. The number of hydrogen-bond acceptors (Lipinski definition) is 3. The monoisotopic (exact) mass is 250 g/mol. The van der Waals surface area contributed by atoms with E-state index in [0.29, 0.717) is 0 Å². The maximum absolute atomic E-state index is 11.9. The minimum absolute atomic E-state index is 0.147. The molecule has 0 spiro atoms. The largest absolute Gasteiger partial charge is 0.352 e. The van der Waals surface area contributed by atoms with Crippen molar-refractivity contribution in [1.29, 1.82) is 5.26 Å². The fourth-order valence-electron chi connectivity index (χ4n) is 2.33. The van der Waals surface area contributed by atoms with Gasteiger partial charge in [-0.25, -0.2) is 0 Å². The summed E-state index contributed by atoms with van der Waals surface area (Å²) in [7, 11) is 0. The highest BCUT2D eigenvalue weighted by Gasteiger charge is 2.28. The quantitative estimate of drug-likeness (QED) is 0.760. The predicted molar refractivity (Wildman–Crippen MR) is 68.6 cm³/mol. The van der Waals surface area contributed by atoms with Gasteiger partial charge in [-0.15, -0.1) is 0 Å². The predicted octanol–water partition coefficient (Wildman–Crippen LogP) is 2.19. The van der Waals surface area contributed by atoms with Gasteiger partial charge < -0.3 is 5.32 Å². The molecule has 0 radical (unpaired) electrons. The number of carbonyl (C=O) groups is 2. The van der Waals surface area contributed by atoms with Gasteiger partial charge in [-0.3, -0.25) is 9.59 Å². The van der Waals surface area contributed by atoms with Crippen LogP contribution in [0.4, 0.5) is 0 Å². The minimum Gasteiger partial charge on any atom is -0.352 e. The summed E-state index contributed by atoms with van der Waals surface area (Å²) in [6.07, 6.45) is 5.64. The van der Waals surface area contributed by atoms with Gasteiger partial charge in [0.15, 0.2) is 11.7 Å². The molecule has 1 saturated carbocycles. The van der Waals surface area contributed by atoms with Gasteiger partial charge in [-0.05, 0) is 18.8 Å². The van der Waals surface area contributed by atoms with Crippen molar-refractivity contribution in [2.24, 2.45) is 11.8 Å². The smallest absolute Gasteiger partial charge is 0.245 e. The lowest BCUT2D eigenvalue weighted by atomic mass is 9.93. The zero-order valence-corrected chi connectivity index (χ0v) is 11.2. The molecule has 1 atom stereocenters. The van der Waals surface area contributed by atoms with Gasteiger partial charge in [-0.1, -0.05) is 33.1 Å². The number of hydrogen-bond donors (Lipinski definition) is 1. The second-order valence-corrected chi connectivity index (χ2v) is 5.47. The van der Waals surface area contributed by atoms with Crippen molar-refractivity contribution in [2.45, 2.75) is 58.4 Å². The average molecular weight is 250 g/mol. The van der Waals surface area contributed by atoms with E-state index >= 15 is 0 Å². The molecule has 0 bridgehead atoms. The molecule has 0 aromatic heterocycles. The van der Waals surface area contributed by atoms with E-state index in [4.69, 9.17) is 5.26 Å². The molecule has 18 heavy (non-hydrogen) atoms. The molecular formula is C14H22N2O2. The van der Waals surface area contributed by atoms with Crippen molar-refractivity contribution >= 4 is 11.7 Å². The summed E-state index contributed by atoms with van der Waals surface area (Å²) in [6, 6.07) is 1.98. The third kappa shape index (κ3) is 4.48. The van der Waals surface area contributed by atoms with E-state index in [1.165, 1.54) is 6.42 Å². The van der Waals surface area contributed by atoms with Crippen LogP contribution >= 0.6 is 0 Å². The van der Waals surface area contributed by atoms with Crippen LogP contribution in [0.2, 0.25) is 0 Å². The molecule has 4 nitrogen and oxygen atoms in total. The van der Waals surface area contributed by atoms with Crippen LogP contribution in [-0.2, 0) is 9.59 Å². The number of carbonyl (C=O) groups excluding carboxylic acids is 2.